The largest absolute Gasteiger partial charge is 0.508 e. The predicted molar refractivity (Wildman–Crippen MR) is 56.5 cm³/mol. The van der Waals surface area contributed by atoms with Gasteiger partial charge in [-0.05, 0) is 13.0 Å². The lowest BCUT2D eigenvalue weighted by atomic mass is 10.0. The maximum absolute atomic E-state index is 9.72. The minimum absolute atomic E-state index is 0.239. The van der Waals surface area contributed by atoms with Gasteiger partial charge in [0.1, 0.15) is 5.75 Å². The number of rotatable bonds is 1. The van der Waals surface area contributed by atoms with Crippen molar-refractivity contribution < 1.29 is 5.11 Å². The number of piperazine rings is 1. The Morgan fingerprint density at radius 2 is 2.21 bits per heavy atom. The first-order chi connectivity index (χ1) is 6.77. The molecule has 76 valence electrons. The van der Waals surface area contributed by atoms with Crippen LogP contribution in [0.5, 0.6) is 5.75 Å². The highest BCUT2D eigenvalue weighted by Crippen LogP contribution is 2.25. The minimum Gasteiger partial charge on any atom is -0.508 e. The van der Waals surface area contributed by atoms with Crippen LogP contribution in [0, 0.1) is 6.92 Å². The summed E-state index contributed by atoms with van der Waals surface area (Å²) in [5.41, 5.74) is 2.18. The average Bonchev–Trinajstić information content (AvgIpc) is 2.23. The number of phenolic OH excluding ortho intramolecular Hbond substituents is 1. The zero-order valence-corrected chi connectivity index (χ0v) is 8.38. The Balaban J connectivity index is 2.24. The molecule has 0 spiro atoms. The Kier molecular flexibility index (Phi) is 2.70. The van der Waals surface area contributed by atoms with Gasteiger partial charge in [0.15, 0.2) is 0 Å². The lowest BCUT2D eigenvalue weighted by Crippen LogP contribution is -2.42. The van der Waals surface area contributed by atoms with Gasteiger partial charge in [0.05, 0.1) is 0 Å². The van der Waals surface area contributed by atoms with Crippen LogP contribution in [0.4, 0.5) is 0 Å². The number of nitrogens with one attached hydrogen (secondary N) is 2. The summed E-state index contributed by atoms with van der Waals surface area (Å²) in [6.07, 6.45) is 0. The smallest absolute Gasteiger partial charge is 0.120 e. The Labute approximate surface area is 84.1 Å². The molecule has 0 aliphatic carbocycles. The fourth-order valence-electron chi connectivity index (χ4n) is 1.83. The number of aryl methyl sites for hydroxylation is 1. The Bertz CT molecular complexity index is 319. The number of phenols is 1. The molecule has 0 unspecified atom stereocenters. The first-order valence-corrected chi connectivity index (χ1v) is 5.01. The van der Waals surface area contributed by atoms with Crippen molar-refractivity contribution in [1.82, 2.24) is 10.6 Å². The first kappa shape index (κ1) is 9.49. The van der Waals surface area contributed by atoms with E-state index in [-0.39, 0.29) is 6.04 Å². The maximum atomic E-state index is 9.72. The summed E-state index contributed by atoms with van der Waals surface area (Å²) >= 11 is 0. The summed E-state index contributed by atoms with van der Waals surface area (Å²) in [5, 5.41) is 16.4. The summed E-state index contributed by atoms with van der Waals surface area (Å²) in [6, 6.07) is 5.97. The molecule has 1 aliphatic heterocycles. The van der Waals surface area contributed by atoms with Gasteiger partial charge >= 0.3 is 0 Å². The van der Waals surface area contributed by atoms with Crippen LogP contribution < -0.4 is 10.6 Å². The van der Waals surface area contributed by atoms with Gasteiger partial charge in [-0.1, -0.05) is 17.7 Å². The molecule has 1 aromatic carbocycles. The zero-order chi connectivity index (χ0) is 9.97. The fraction of sp³-hybridized carbons (Fsp3) is 0.455. The van der Waals surface area contributed by atoms with Crippen LogP contribution in [0.2, 0.25) is 0 Å². The Morgan fingerprint density at radius 3 is 2.93 bits per heavy atom. The monoisotopic (exact) mass is 192 g/mol. The van der Waals surface area contributed by atoms with E-state index in [1.807, 2.05) is 19.1 Å². The Morgan fingerprint density at radius 1 is 1.36 bits per heavy atom. The molecule has 14 heavy (non-hydrogen) atoms. The second-order valence-corrected chi connectivity index (χ2v) is 3.77. The van der Waals surface area contributed by atoms with Crippen molar-refractivity contribution in [2.45, 2.75) is 13.0 Å². The van der Waals surface area contributed by atoms with Gasteiger partial charge in [0.2, 0.25) is 0 Å². The fourth-order valence-corrected chi connectivity index (χ4v) is 1.83. The van der Waals surface area contributed by atoms with Crippen molar-refractivity contribution in [3.05, 3.63) is 29.3 Å². The van der Waals surface area contributed by atoms with Crippen molar-refractivity contribution in [3.63, 3.8) is 0 Å². The third-order valence-electron chi connectivity index (χ3n) is 2.60. The van der Waals surface area contributed by atoms with E-state index >= 15 is 0 Å². The maximum Gasteiger partial charge on any atom is 0.120 e. The molecule has 2 rings (SSSR count). The predicted octanol–water partition coefficient (Wildman–Crippen LogP) is 0.935. The molecule has 0 amide bonds. The molecule has 0 saturated carbocycles. The van der Waals surface area contributed by atoms with Crippen molar-refractivity contribution in [2.75, 3.05) is 19.6 Å². The standard InChI is InChI=1S/C11H16N2O/c1-8-2-3-11(14)9(6-8)10-7-12-4-5-13-10/h2-3,6,10,12-14H,4-5,7H2,1H3/t10-/m0/s1. The molecule has 3 heteroatoms. The third kappa shape index (κ3) is 1.89. The molecule has 3 N–H and O–H groups in total. The van der Waals surface area contributed by atoms with E-state index in [0.717, 1.165) is 25.2 Å². The minimum atomic E-state index is 0.239. The average molecular weight is 192 g/mol. The second-order valence-electron chi connectivity index (χ2n) is 3.77. The summed E-state index contributed by atoms with van der Waals surface area (Å²) in [7, 11) is 0. The van der Waals surface area contributed by atoms with Crippen LogP contribution >= 0.6 is 0 Å². The topological polar surface area (TPSA) is 44.3 Å². The summed E-state index contributed by atoms with van der Waals surface area (Å²) in [4.78, 5) is 0. The molecule has 1 heterocycles. The molecule has 0 aromatic heterocycles. The van der Waals surface area contributed by atoms with Crippen LogP contribution in [-0.2, 0) is 0 Å². The molecule has 0 bridgehead atoms. The van der Waals surface area contributed by atoms with Gasteiger partial charge in [0, 0.05) is 31.2 Å². The van der Waals surface area contributed by atoms with Crippen molar-refractivity contribution in [1.29, 1.82) is 0 Å². The summed E-state index contributed by atoms with van der Waals surface area (Å²) in [5.74, 6) is 0.386. The van der Waals surface area contributed by atoms with E-state index in [1.54, 1.807) is 6.07 Å². The molecule has 0 radical (unpaired) electrons. The van der Waals surface area contributed by atoms with Gasteiger partial charge in [-0.15, -0.1) is 0 Å². The number of hydrogen-bond acceptors (Lipinski definition) is 3. The molecule has 1 aromatic rings. The molecule has 1 aliphatic rings. The van der Waals surface area contributed by atoms with Crippen LogP contribution in [0.3, 0.4) is 0 Å². The SMILES string of the molecule is Cc1ccc(O)c([C@@H]2CNCCN2)c1. The van der Waals surface area contributed by atoms with Gasteiger partial charge in [-0.25, -0.2) is 0 Å². The first-order valence-electron chi connectivity index (χ1n) is 5.01. The van der Waals surface area contributed by atoms with Crippen molar-refractivity contribution in [2.24, 2.45) is 0 Å². The second kappa shape index (κ2) is 3.98. The van der Waals surface area contributed by atoms with Gasteiger partial charge < -0.3 is 15.7 Å². The third-order valence-corrected chi connectivity index (χ3v) is 2.60. The van der Waals surface area contributed by atoms with Crippen molar-refractivity contribution >= 4 is 0 Å². The van der Waals surface area contributed by atoms with Crippen LogP contribution in [0.15, 0.2) is 18.2 Å². The molecule has 3 nitrogen and oxygen atoms in total. The molecule has 1 fully saturated rings. The highest BCUT2D eigenvalue weighted by molar-refractivity contribution is 5.38. The van der Waals surface area contributed by atoms with Gasteiger partial charge in [-0.2, -0.15) is 0 Å². The highest BCUT2D eigenvalue weighted by atomic mass is 16.3. The molecular formula is C11H16N2O. The van der Waals surface area contributed by atoms with E-state index in [9.17, 15) is 5.11 Å². The van der Waals surface area contributed by atoms with Gasteiger partial charge in [0.25, 0.3) is 0 Å². The zero-order valence-electron chi connectivity index (χ0n) is 8.38. The number of aromatic hydroxyl groups is 1. The van der Waals surface area contributed by atoms with E-state index in [4.69, 9.17) is 0 Å². The van der Waals surface area contributed by atoms with Gasteiger partial charge in [-0.3, -0.25) is 0 Å². The number of hydrogen-bond donors (Lipinski definition) is 3. The summed E-state index contributed by atoms with van der Waals surface area (Å²) in [6.45, 7) is 4.89. The van der Waals surface area contributed by atoms with Crippen LogP contribution in [0.1, 0.15) is 17.2 Å². The van der Waals surface area contributed by atoms with E-state index in [0.29, 0.717) is 5.75 Å². The quantitative estimate of drug-likeness (QED) is 0.620. The molecule has 1 saturated heterocycles. The molecular weight excluding hydrogens is 176 g/mol. The highest BCUT2D eigenvalue weighted by Gasteiger charge is 2.17. The van der Waals surface area contributed by atoms with Crippen LogP contribution in [-0.4, -0.2) is 24.7 Å². The lowest BCUT2D eigenvalue weighted by Gasteiger charge is -2.25. The number of benzene rings is 1. The van der Waals surface area contributed by atoms with E-state index in [2.05, 4.69) is 10.6 Å². The summed E-state index contributed by atoms with van der Waals surface area (Å²) < 4.78 is 0. The lowest BCUT2D eigenvalue weighted by molar-refractivity contribution is 0.404. The normalized spacial score (nSPS) is 22.2. The van der Waals surface area contributed by atoms with Crippen LogP contribution in [0.25, 0.3) is 0 Å². The van der Waals surface area contributed by atoms with E-state index < -0.39 is 0 Å². The van der Waals surface area contributed by atoms with Crippen molar-refractivity contribution in [3.8, 4) is 5.75 Å². The van der Waals surface area contributed by atoms with E-state index in [1.165, 1.54) is 5.56 Å². The Hall–Kier alpha value is -1.06. The molecule has 1 atom stereocenters.